The minimum absolute atomic E-state index is 0.200. The van der Waals surface area contributed by atoms with Gasteiger partial charge in [0.25, 0.3) is 0 Å². The second kappa shape index (κ2) is 8.32. The van der Waals surface area contributed by atoms with Crippen LogP contribution in [0.2, 0.25) is 0 Å². The fourth-order valence-corrected chi connectivity index (χ4v) is 4.53. The van der Waals surface area contributed by atoms with E-state index in [0.717, 1.165) is 15.9 Å². The molecule has 1 aliphatic heterocycles. The molecule has 0 saturated carbocycles. The number of ether oxygens (including phenoxy) is 1. The van der Waals surface area contributed by atoms with Gasteiger partial charge >= 0.3 is 6.18 Å². The van der Waals surface area contributed by atoms with E-state index in [0.29, 0.717) is 27.5 Å². The van der Waals surface area contributed by atoms with Crippen molar-refractivity contribution in [2.24, 2.45) is 0 Å². The molecule has 0 bridgehead atoms. The Bertz CT molecular complexity index is 1390. The Labute approximate surface area is 198 Å². The number of para-hydroxylation sites is 1. The van der Waals surface area contributed by atoms with Crippen LogP contribution in [0.25, 0.3) is 17.1 Å². The van der Waals surface area contributed by atoms with Crippen molar-refractivity contribution in [2.75, 3.05) is 12.4 Å². The molecule has 3 heterocycles. The molecular weight excluding hydrogens is 465 g/mol. The lowest BCUT2D eigenvalue weighted by Gasteiger charge is -2.34. The number of nitrogens with zero attached hydrogens (tertiary/aromatic N) is 4. The molecule has 0 amide bonds. The smallest absolute Gasteiger partial charge is 0.410 e. The third-order valence-corrected chi connectivity index (χ3v) is 6.30. The van der Waals surface area contributed by atoms with Crippen LogP contribution in [0.5, 0.6) is 5.75 Å². The lowest BCUT2D eigenvalue weighted by atomic mass is 9.96. The van der Waals surface area contributed by atoms with Crippen molar-refractivity contribution in [1.82, 2.24) is 24.5 Å². The Morgan fingerprint density at radius 1 is 1.12 bits per heavy atom. The molecule has 7 nitrogen and oxygen atoms in total. The third kappa shape index (κ3) is 3.75. The molecule has 0 radical (unpaired) electrons. The lowest BCUT2D eigenvalue weighted by Crippen LogP contribution is -2.35. The highest BCUT2D eigenvalue weighted by Gasteiger charge is 2.47. The lowest BCUT2D eigenvalue weighted by molar-refractivity contribution is -0.173. The summed E-state index contributed by atoms with van der Waals surface area (Å²) >= 11 is 5.45. The van der Waals surface area contributed by atoms with Crippen LogP contribution in [0.15, 0.2) is 54.7 Å². The quantitative estimate of drug-likeness (QED) is 0.358. The summed E-state index contributed by atoms with van der Waals surface area (Å²) in [5.74, 6) is 1.24. The van der Waals surface area contributed by atoms with E-state index >= 15 is 0 Å². The summed E-state index contributed by atoms with van der Waals surface area (Å²) < 4.78 is 50.5. The highest BCUT2D eigenvalue weighted by Crippen LogP contribution is 2.46. The molecular formula is C23H21F3N6OS. The zero-order valence-corrected chi connectivity index (χ0v) is 19.1. The van der Waals surface area contributed by atoms with Crippen molar-refractivity contribution >= 4 is 18.0 Å². The molecule has 0 saturated heterocycles. The summed E-state index contributed by atoms with van der Waals surface area (Å²) in [5.41, 5.74) is 2.86. The van der Waals surface area contributed by atoms with Gasteiger partial charge in [-0.15, -0.1) is 0 Å². The number of nitrogens with one attached hydrogen (secondary N) is 2. The van der Waals surface area contributed by atoms with Gasteiger partial charge in [-0.2, -0.15) is 23.4 Å². The van der Waals surface area contributed by atoms with E-state index in [4.69, 9.17) is 17.0 Å². The number of halogens is 3. The Morgan fingerprint density at radius 3 is 2.53 bits per heavy atom. The van der Waals surface area contributed by atoms with Gasteiger partial charge in [-0.05, 0) is 48.5 Å². The number of aromatic nitrogens is 5. The van der Waals surface area contributed by atoms with Gasteiger partial charge < -0.3 is 10.1 Å². The van der Waals surface area contributed by atoms with Crippen LogP contribution in [0, 0.1) is 11.7 Å². The van der Waals surface area contributed by atoms with Crippen molar-refractivity contribution in [2.45, 2.75) is 31.6 Å². The number of benzene rings is 2. The number of rotatable bonds is 4. The van der Waals surface area contributed by atoms with Crippen molar-refractivity contribution < 1.29 is 17.9 Å². The zero-order valence-electron chi connectivity index (χ0n) is 18.3. The molecule has 4 aromatic rings. The fourth-order valence-electron chi connectivity index (χ4n) is 4.30. The Hall–Kier alpha value is -3.60. The molecule has 1 aliphatic rings. The van der Waals surface area contributed by atoms with Gasteiger partial charge in [0, 0.05) is 6.42 Å². The SMILES string of the molecule is COc1ccc([C@@H]2C[C@@H](C(F)(F)F)n3ncc(-c4n[nH]c(=S)n4-c4ccccc4C)c3N2)cc1. The number of aryl methyl sites for hydroxylation is 1. The van der Waals surface area contributed by atoms with Gasteiger partial charge in [0.05, 0.1) is 30.6 Å². The number of methoxy groups -OCH3 is 1. The normalized spacial score (nSPS) is 17.8. The summed E-state index contributed by atoms with van der Waals surface area (Å²) in [6, 6.07) is 12.2. The molecule has 0 aliphatic carbocycles. The first kappa shape index (κ1) is 22.2. The van der Waals surface area contributed by atoms with Crippen LogP contribution < -0.4 is 10.1 Å². The Kier molecular flexibility index (Phi) is 5.43. The molecule has 2 aromatic heterocycles. The number of fused-ring (bicyclic) bond motifs is 1. The predicted octanol–water partition coefficient (Wildman–Crippen LogP) is 5.77. The van der Waals surface area contributed by atoms with E-state index in [9.17, 15) is 13.2 Å². The van der Waals surface area contributed by atoms with E-state index in [1.807, 2.05) is 31.2 Å². The summed E-state index contributed by atoms with van der Waals surface area (Å²) in [5, 5.41) is 14.5. The van der Waals surface area contributed by atoms with E-state index in [1.54, 1.807) is 35.9 Å². The second-order valence-electron chi connectivity index (χ2n) is 8.09. The number of hydrogen-bond acceptors (Lipinski definition) is 5. The number of aromatic amines is 1. The third-order valence-electron chi connectivity index (χ3n) is 6.03. The number of anilines is 1. The highest BCUT2D eigenvalue weighted by molar-refractivity contribution is 7.71. The van der Waals surface area contributed by atoms with E-state index in [2.05, 4.69) is 20.6 Å². The first-order chi connectivity index (χ1) is 16.3. The minimum Gasteiger partial charge on any atom is -0.497 e. The minimum atomic E-state index is -4.48. The molecule has 0 spiro atoms. The van der Waals surface area contributed by atoms with Crippen LogP contribution in [0.3, 0.4) is 0 Å². The first-order valence-corrected chi connectivity index (χ1v) is 11.0. The summed E-state index contributed by atoms with van der Waals surface area (Å²) in [6.45, 7) is 1.93. The number of H-pyrrole nitrogens is 1. The maximum atomic E-state index is 14.1. The van der Waals surface area contributed by atoms with Crippen molar-refractivity contribution in [3.63, 3.8) is 0 Å². The molecule has 0 fully saturated rings. The maximum Gasteiger partial charge on any atom is 0.410 e. The molecule has 2 atom stereocenters. The molecule has 2 aromatic carbocycles. The van der Waals surface area contributed by atoms with Crippen LogP contribution >= 0.6 is 12.2 Å². The standard InChI is InChI=1S/C23H21F3N6OS/c1-13-5-3-4-6-18(13)31-21(29-30-22(31)34)16-12-27-32-19(23(24,25)26)11-17(28-20(16)32)14-7-9-15(33-2)10-8-14/h3-10,12,17,19,28H,11H2,1-2H3,(H,30,34)/t17-,19-/m0/s1. The Balaban J connectivity index is 1.64. The highest BCUT2D eigenvalue weighted by atomic mass is 32.1. The zero-order chi connectivity index (χ0) is 24.0. The molecule has 2 N–H and O–H groups in total. The average molecular weight is 487 g/mol. The Morgan fingerprint density at radius 2 is 1.85 bits per heavy atom. The fraction of sp³-hybridized carbons (Fsp3) is 0.261. The van der Waals surface area contributed by atoms with Crippen molar-refractivity contribution in [3.8, 4) is 22.8 Å². The largest absolute Gasteiger partial charge is 0.497 e. The number of alkyl halides is 3. The van der Waals surface area contributed by atoms with Crippen LogP contribution in [-0.4, -0.2) is 37.8 Å². The second-order valence-corrected chi connectivity index (χ2v) is 8.48. The maximum absolute atomic E-state index is 14.1. The van der Waals surface area contributed by atoms with Crippen LogP contribution in [-0.2, 0) is 0 Å². The molecule has 176 valence electrons. The molecule has 11 heteroatoms. The van der Waals surface area contributed by atoms with Crippen molar-refractivity contribution in [1.29, 1.82) is 0 Å². The predicted molar refractivity (Wildman–Crippen MR) is 124 cm³/mol. The van der Waals surface area contributed by atoms with Crippen molar-refractivity contribution in [3.05, 3.63) is 70.6 Å². The van der Waals surface area contributed by atoms with E-state index in [-0.39, 0.29) is 12.2 Å². The van der Waals surface area contributed by atoms with Crippen LogP contribution in [0.4, 0.5) is 19.0 Å². The molecule has 34 heavy (non-hydrogen) atoms. The topological polar surface area (TPSA) is 72.7 Å². The summed E-state index contributed by atoms with van der Waals surface area (Å²) in [7, 11) is 1.54. The van der Waals surface area contributed by atoms with Gasteiger partial charge in [0.1, 0.15) is 11.6 Å². The van der Waals surface area contributed by atoms with Crippen LogP contribution in [0.1, 0.15) is 29.6 Å². The van der Waals surface area contributed by atoms with E-state index < -0.39 is 18.3 Å². The van der Waals surface area contributed by atoms with Gasteiger partial charge in [-0.25, -0.2) is 4.68 Å². The van der Waals surface area contributed by atoms with Gasteiger partial charge in [-0.3, -0.25) is 9.67 Å². The summed E-state index contributed by atoms with van der Waals surface area (Å²) in [4.78, 5) is 0. The van der Waals surface area contributed by atoms with Gasteiger partial charge in [0.15, 0.2) is 16.6 Å². The summed E-state index contributed by atoms with van der Waals surface area (Å²) in [6.07, 6.45) is -3.28. The van der Waals surface area contributed by atoms with Gasteiger partial charge in [0.2, 0.25) is 0 Å². The molecule has 5 rings (SSSR count). The van der Waals surface area contributed by atoms with E-state index in [1.165, 1.54) is 6.20 Å². The first-order valence-electron chi connectivity index (χ1n) is 10.6. The number of hydrogen-bond donors (Lipinski definition) is 2. The average Bonchev–Trinajstić information content (AvgIpc) is 3.41. The molecule has 0 unspecified atom stereocenters. The van der Waals surface area contributed by atoms with Gasteiger partial charge in [-0.1, -0.05) is 30.3 Å². The monoisotopic (exact) mass is 486 g/mol.